The van der Waals surface area contributed by atoms with Crippen LogP contribution in [0, 0.1) is 6.92 Å². The van der Waals surface area contributed by atoms with Gasteiger partial charge in [0.05, 0.1) is 11.6 Å². The fourth-order valence-electron chi connectivity index (χ4n) is 1.71. The molecule has 1 unspecified atom stereocenters. The van der Waals surface area contributed by atoms with E-state index in [1.807, 2.05) is 37.3 Å². The van der Waals surface area contributed by atoms with Gasteiger partial charge in [-0.2, -0.15) is 0 Å². The van der Waals surface area contributed by atoms with E-state index in [4.69, 9.17) is 0 Å². The summed E-state index contributed by atoms with van der Waals surface area (Å²) in [6.45, 7) is 5.53. The number of aliphatic hydroxyl groups excluding tert-OH is 1. The van der Waals surface area contributed by atoms with Crippen LogP contribution in [0.1, 0.15) is 17.4 Å². The maximum atomic E-state index is 9.81. The molecule has 2 nitrogen and oxygen atoms in total. The maximum absolute atomic E-state index is 9.81. The van der Waals surface area contributed by atoms with Crippen molar-refractivity contribution in [1.29, 1.82) is 0 Å². The monoisotopic (exact) mass is 199 g/mol. The van der Waals surface area contributed by atoms with E-state index in [2.05, 4.69) is 11.6 Å². The average Bonchev–Trinajstić information content (AvgIpc) is 2.26. The Morgan fingerprint density at radius 2 is 2.13 bits per heavy atom. The second kappa shape index (κ2) is 3.83. The summed E-state index contributed by atoms with van der Waals surface area (Å²) in [5.74, 6) is 0. The second-order valence-electron chi connectivity index (χ2n) is 3.55. The predicted molar refractivity (Wildman–Crippen MR) is 61.6 cm³/mol. The minimum Gasteiger partial charge on any atom is -0.384 e. The van der Waals surface area contributed by atoms with E-state index < -0.39 is 6.10 Å². The summed E-state index contributed by atoms with van der Waals surface area (Å²) in [6.07, 6.45) is 0.901. The van der Waals surface area contributed by atoms with Crippen molar-refractivity contribution in [2.24, 2.45) is 0 Å². The summed E-state index contributed by atoms with van der Waals surface area (Å²) >= 11 is 0. The van der Waals surface area contributed by atoms with Crippen molar-refractivity contribution in [3.63, 3.8) is 0 Å². The normalized spacial score (nSPS) is 12.7. The lowest BCUT2D eigenvalue weighted by Gasteiger charge is -2.10. The third-order valence-electron chi connectivity index (χ3n) is 2.42. The predicted octanol–water partition coefficient (Wildman–Crippen LogP) is 2.76. The van der Waals surface area contributed by atoms with Crippen molar-refractivity contribution < 1.29 is 5.11 Å². The lowest BCUT2D eigenvalue weighted by molar-refractivity contribution is 0.230. The lowest BCUT2D eigenvalue weighted by atomic mass is 10.0. The molecule has 2 heteroatoms. The van der Waals surface area contributed by atoms with Crippen LogP contribution in [-0.4, -0.2) is 10.1 Å². The topological polar surface area (TPSA) is 33.1 Å². The average molecular weight is 199 g/mol. The molecule has 76 valence electrons. The molecule has 1 aromatic heterocycles. The van der Waals surface area contributed by atoms with Crippen molar-refractivity contribution >= 4 is 10.9 Å². The van der Waals surface area contributed by atoms with Crippen LogP contribution in [0.4, 0.5) is 0 Å². The van der Waals surface area contributed by atoms with Gasteiger partial charge in [0.1, 0.15) is 0 Å². The number of aliphatic hydroxyl groups is 1. The van der Waals surface area contributed by atoms with Gasteiger partial charge in [-0.05, 0) is 24.6 Å². The van der Waals surface area contributed by atoms with Gasteiger partial charge in [-0.15, -0.1) is 6.58 Å². The van der Waals surface area contributed by atoms with Crippen molar-refractivity contribution in [2.45, 2.75) is 13.0 Å². The van der Waals surface area contributed by atoms with Gasteiger partial charge in [-0.1, -0.05) is 24.3 Å². The molecule has 0 aliphatic heterocycles. The van der Waals surface area contributed by atoms with Gasteiger partial charge in [-0.25, -0.2) is 0 Å². The number of fused-ring (bicyclic) bond motifs is 1. The number of para-hydroxylation sites is 1. The van der Waals surface area contributed by atoms with Crippen molar-refractivity contribution in [3.8, 4) is 0 Å². The van der Waals surface area contributed by atoms with Crippen molar-refractivity contribution in [2.75, 3.05) is 0 Å². The molecule has 0 aliphatic carbocycles. The summed E-state index contributed by atoms with van der Waals surface area (Å²) < 4.78 is 0. The molecule has 2 rings (SSSR count). The molecule has 0 saturated heterocycles. The Bertz CT molecular complexity index is 505. The quantitative estimate of drug-likeness (QED) is 0.754. The number of benzene rings is 1. The van der Waals surface area contributed by atoms with Gasteiger partial charge >= 0.3 is 0 Å². The highest BCUT2D eigenvalue weighted by atomic mass is 16.3. The summed E-state index contributed by atoms with van der Waals surface area (Å²) in [5, 5.41) is 10.8. The van der Waals surface area contributed by atoms with Crippen LogP contribution in [0.15, 0.2) is 43.0 Å². The number of nitrogens with zero attached hydrogens (tertiary/aromatic N) is 1. The first-order valence-corrected chi connectivity index (χ1v) is 4.89. The Morgan fingerprint density at radius 1 is 1.40 bits per heavy atom. The molecule has 1 N–H and O–H groups in total. The first-order valence-electron chi connectivity index (χ1n) is 4.89. The van der Waals surface area contributed by atoms with Crippen LogP contribution in [0.3, 0.4) is 0 Å². The molecular formula is C13H13NO. The molecule has 1 atom stereocenters. The van der Waals surface area contributed by atoms with Crippen LogP contribution < -0.4 is 0 Å². The first-order chi connectivity index (χ1) is 7.22. The molecule has 0 fully saturated rings. The van der Waals surface area contributed by atoms with E-state index >= 15 is 0 Å². The van der Waals surface area contributed by atoms with Crippen LogP contribution in [0.2, 0.25) is 0 Å². The number of rotatable bonds is 2. The zero-order valence-electron chi connectivity index (χ0n) is 8.64. The van der Waals surface area contributed by atoms with Gasteiger partial charge in [0.25, 0.3) is 0 Å². The minimum absolute atomic E-state index is 0.628. The second-order valence-corrected chi connectivity index (χ2v) is 3.55. The standard InChI is InChI=1S/C13H13NO/c1-3-13(15)11-8-9(2)14-12-7-5-4-6-10(11)12/h3-8,13,15H,1H2,2H3. The Kier molecular flexibility index (Phi) is 2.52. The molecule has 0 bridgehead atoms. The Balaban J connectivity index is 2.76. The molecule has 0 spiro atoms. The highest BCUT2D eigenvalue weighted by Crippen LogP contribution is 2.24. The molecule has 2 aromatic rings. The molecule has 0 aliphatic rings. The van der Waals surface area contributed by atoms with E-state index in [0.717, 1.165) is 22.2 Å². The highest BCUT2D eigenvalue weighted by Gasteiger charge is 2.08. The zero-order chi connectivity index (χ0) is 10.8. The van der Waals surface area contributed by atoms with E-state index in [9.17, 15) is 5.11 Å². The Morgan fingerprint density at radius 3 is 2.87 bits per heavy atom. The SMILES string of the molecule is C=CC(O)c1cc(C)nc2ccccc12. The molecule has 1 aromatic carbocycles. The lowest BCUT2D eigenvalue weighted by Crippen LogP contribution is -1.97. The largest absolute Gasteiger partial charge is 0.384 e. The van der Waals surface area contributed by atoms with Crippen LogP contribution in [0.25, 0.3) is 10.9 Å². The number of hydrogen-bond donors (Lipinski definition) is 1. The van der Waals surface area contributed by atoms with Gasteiger partial charge in [0, 0.05) is 11.1 Å². The summed E-state index contributed by atoms with van der Waals surface area (Å²) in [7, 11) is 0. The van der Waals surface area contributed by atoms with E-state index in [1.165, 1.54) is 6.08 Å². The van der Waals surface area contributed by atoms with Gasteiger partial charge < -0.3 is 5.11 Å². The van der Waals surface area contributed by atoms with Gasteiger partial charge in [0.2, 0.25) is 0 Å². The third-order valence-corrected chi connectivity index (χ3v) is 2.42. The zero-order valence-corrected chi connectivity index (χ0v) is 8.64. The number of pyridine rings is 1. The van der Waals surface area contributed by atoms with Gasteiger partial charge in [0.15, 0.2) is 0 Å². The number of aromatic nitrogens is 1. The number of aryl methyl sites for hydroxylation is 1. The van der Waals surface area contributed by atoms with Crippen LogP contribution >= 0.6 is 0 Å². The summed E-state index contributed by atoms with van der Waals surface area (Å²) in [6, 6.07) is 9.69. The summed E-state index contributed by atoms with van der Waals surface area (Å²) in [5.41, 5.74) is 2.69. The van der Waals surface area contributed by atoms with Crippen molar-refractivity contribution in [1.82, 2.24) is 4.98 Å². The smallest absolute Gasteiger partial charge is 0.0976 e. The van der Waals surface area contributed by atoms with Crippen LogP contribution in [-0.2, 0) is 0 Å². The molecule has 1 heterocycles. The fraction of sp³-hybridized carbons (Fsp3) is 0.154. The molecule has 0 saturated carbocycles. The molecule has 0 amide bonds. The Labute approximate surface area is 88.9 Å². The minimum atomic E-state index is -0.628. The van der Waals surface area contributed by atoms with E-state index in [-0.39, 0.29) is 0 Å². The maximum Gasteiger partial charge on any atom is 0.0976 e. The highest BCUT2D eigenvalue weighted by molar-refractivity contribution is 5.82. The number of hydrogen-bond acceptors (Lipinski definition) is 2. The first kappa shape index (κ1) is 9.87. The third kappa shape index (κ3) is 1.76. The van der Waals surface area contributed by atoms with E-state index in [0.29, 0.717) is 0 Å². The molecular weight excluding hydrogens is 186 g/mol. The van der Waals surface area contributed by atoms with E-state index in [1.54, 1.807) is 0 Å². The van der Waals surface area contributed by atoms with Crippen molar-refractivity contribution in [3.05, 3.63) is 54.2 Å². The Hall–Kier alpha value is -1.67. The van der Waals surface area contributed by atoms with Crippen LogP contribution in [0.5, 0.6) is 0 Å². The fourth-order valence-corrected chi connectivity index (χ4v) is 1.71. The van der Waals surface area contributed by atoms with Gasteiger partial charge in [-0.3, -0.25) is 4.98 Å². The summed E-state index contributed by atoms with van der Waals surface area (Å²) in [4.78, 5) is 4.41. The molecule has 0 radical (unpaired) electrons. The molecule has 15 heavy (non-hydrogen) atoms.